The molecule has 0 aliphatic carbocycles. The van der Waals surface area contributed by atoms with E-state index in [0.29, 0.717) is 16.4 Å². The van der Waals surface area contributed by atoms with Gasteiger partial charge in [-0.25, -0.2) is 0 Å². The molecule has 0 saturated carbocycles. The van der Waals surface area contributed by atoms with Gasteiger partial charge in [0.1, 0.15) is 5.92 Å². The first-order chi connectivity index (χ1) is 10.1. The van der Waals surface area contributed by atoms with Crippen LogP contribution in [-0.2, 0) is 11.2 Å². The fourth-order valence-corrected chi connectivity index (χ4v) is 2.36. The van der Waals surface area contributed by atoms with Gasteiger partial charge >= 0.3 is 5.97 Å². The number of carboxylic acid groups (broad SMARTS) is 1. The van der Waals surface area contributed by atoms with Crippen molar-refractivity contribution in [3.8, 4) is 0 Å². The van der Waals surface area contributed by atoms with E-state index in [1.165, 1.54) is 16.9 Å². The maximum absolute atomic E-state index is 11.6. The molecule has 8 heteroatoms. The molecule has 2 aromatic heterocycles. The molecule has 0 amide bonds. The van der Waals surface area contributed by atoms with Crippen molar-refractivity contribution >= 4 is 23.2 Å². The zero-order valence-electron chi connectivity index (χ0n) is 10.7. The van der Waals surface area contributed by atoms with Crippen LogP contribution < -0.4 is 0 Å². The lowest BCUT2D eigenvalue weighted by molar-refractivity contribution is -0.138. The Morgan fingerprint density at radius 2 is 2.24 bits per heavy atom. The third kappa shape index (κ3) is 2.68. The number of aromatic nitrogens is 5. The predicted octanol–water partition coefficient (Wildman–Crippen LogP) is 1.58. The lowest BCUT2D eigenvalue weighted by Crippen LogP contribution is -2.18. The summed E-state index contributed by atoms with van der Waals surface area (Å²) in [5.74, 6) is -1.79. The topological polar surface area (TPSA) is 93.3 Å². The van der Waals surface area contributed by atoms with E-state index in [1.54, 1.807) is 18.2 Å². The van der Waals surface area contributed by atoms with Crippen LogP contribution in [0.4, 0.5) is 0 Å². The Hall–Kier alpha value is -2.54. The normalized spacial score (nSPS) is 12.4. The second-order valence-electron chi connectivity index (χ2n) is 4.51. The Labute approximate surface area is 124 Å². The number of carbonyl (C=O) groups is 1. The molecular formula is C13H10ClN5O2. The Morgan fingerprint density at radius 1 is 1.38 bits per heavy atom. The van der Waals surface area contributed by atoms with Crippen molar-refractivity contribution in [3.63, 3.8) is 0 Å². The summed E-state index contributed by atoms with van der Waals surface area (Å²) in [6.07, 6.45) is 3.21. The molecular weight excluding hydrogens is 294 g/mol. The lowest BCUT2D eigenvalue weighted by atomic mass is 9.96. The molecule has 3 rings (SSSR count). The second-order valence-corrected chi connectivity index (χ2v) is 4.94. The molecule has 106 valence electrons. The molecule has 1 aromatic carbocycles. The summed E-state index contributed by atoms with van der Waals surface area (Å²) in [6, 6.07) is 7.09. The molecule has 1 unspecified atom stereocenters. The minimum Gasteiger partial charge on any atom is -0.481 e. The van der Waals surface area contributed by atoms with Gasteiger partial charge in [-0.3, -0.25) is 9.78 Å². The van der Waals surface area contributed by atoms with Crippen LogP contribution in [0.5, 0.6) is 0 Å². The number of tetrazole rings is 1. The minimum atomic E-state index is -0.972. The molecule has 21 heavy (non-hydrogen) atoms. The van der Waals surface area contributed by atoms with Crippen molar-refractivity contribution in [2.45, 2.75) is 12.3 Å². The number of benzene rings is 1. The highest BCUT2D eigenvalue weighted by molar-refractivity contribution is 6.30. The first-order valence-corrected chi connectivity index (χ1v) is 6.52. The summed E-state index contributed by atoms with van der Waals surface area (Å²) in [4.78, 5) is 15.6. The summed E-state index contributed by atoms with van der Waals surface area (Å²) >= 11 is 5.93. The van der Waals surface area contributed by atoms with Crippen molar-refractivity contribution < 1.29 is 9.90 Å². The van der Waals surface area contributed by atoms with Crippen LogP contribution in [0.3, 0.4) is 0 Å². The number of fused-ring (bicyclic) bond motifs is 1. The smallest absolute Gasteiger partial charge is 0.312 e. The Morgan fingerprint density at radius 3 is 3.00 bits per heavy atom. The predicted molar refractivity (Wildman–Crippen MR) is 74.1 cm³/mol. The standard InChI is InChI=1S/C13H10ClN5O2/c14-9-3-1-2-8(4-9)5-10(13(20)21)11-6-15-7-12-16-17-18-19(11)12/h1-4,6-7,10H,5H2,(H,20,21). The third-order valence-electron chi connectivity index (χ3n) is 3.12. The molecule has 0 aliphatic rings. The van der Waals surface area contributed by atoms with Gasteiger partial charge in [0.15, 0.2) is 5.65 Å². The van der Waals surface area contributed by atoms with Crippen LogP contribution in [0.2, 0.25) is 5.02 Å². The van der Waals surface area contributed by atoms with E-state index in [9.17, 15) is 9.90 Å². The molecule has 1 atom stereocenters. The van der Waals surface area contributed by atoms with Crippen LogP contribution in [0.25, 0.3) is 5.65 Å². The molecule has 0 fully saturated rings. The number of hydrogen-bond acceptors (Lipinski definition) is 5. The summed E-state index contributed by atoms with van der Waals surface area (Å²) in [5.41, 5.74) is 1.65. The molecule has 0 aliphatic heterocycles. The van der Waals surface area contributed by atoms with E-state index in [2.05, 4.69) is 20.5 Å². The van der Waals surface area contributed by atoms with E-state index in [0.717, 1.165) is 5.56 Å². The quantitative estimate of drug-likeness (QED) is 0.786. The molecule has 7 nitrogen and oxygen atoms in total. The zero-order valence-corrected chi connectivity index (χ0v) is 11.5. The minimum absolute atomic E-state index is 0.274. The van der Waals surface area contributed by atoms with Gasteiger partial charge in [0.05, 0.1) is 11.9 Å². The second kappa shape index (κ2) is 5.45. The zero-order chi connectivity index (χ0) is 14.8. The van der Waals surface area contributed by atoms with Crippen LogP contribution >= 0.6 is 11.6 Å². The average Bonchev–Trinajstić information content (AvgIpc) is 2.93. The van der Waals surface area contributed by atoms with Crippen LogP contribution in [-0.4, -0.2) is 36.1 Å². The molecule has 0 spiro atoms. The fraction of sp³-hybridized carbons (Fsp3) is 0.154. The van der Waals surface area contributed by atoms with Crippen LogP contribution in [0.1, 0.15) is 17.2 Å². The average molecular weight is 304 g/mol. The first-order valence-electron chi connectivity index (χ1n) is 6.14. The molecule has 0 saturated heterocycles. The van der Waals surface area contributed by atoms with Gasteiger partial charge in [-0.2, -0.15) is 4.52 Å². The van der Waals surface area contributed by atoms with Crippen molar-refractivity contribution in [1.82, 2.24) is 25.0 Å². The van der Waals surface area contributed by atoms with Gasteiger partial charge in [-0.1, -0.05) is 23.7 Å². The van der Waals surface area contributed by atoms with E-state index in [-0.39, 0.29) is 6.42 Å². The van der Waals surface area contributed by atoms with Gasteiger partial charge in [0.25, 0.3) is 0 Å². The highest BCUT2D eigenvalue weighted by atomic mass is 35.5. The van der Waals surface area contributed by atoms with Crippen molar-refractivity contribution in [1.29, 1.82) is 0 Å². The highest BCUT2D eigenvalue weighted by Crippen LogP contribution is 2.22. The first kappa shape index (κ1) is 13.4. The van der Waals surface area contributed by atoms with E-state index >= 15 is 0 Å². The molecule has 3 aromatic rings. The van der Waals surface area contributed by atoms with Crippen molar-refractivity contribution in [2.24, 2.45) is 0 Å². The number of nitrogens with zero attached hydrogens (tertiary/aromatic N) is 5. The molecule has 1 N–H and O–H groups in total. The highest BCUT2D eigenvalue weighted by Gasteiger charge is 2.24. The fourth-order valence-electron chi connectivity index (χ4n) is 2.15. The number of rotatable bonds is 4. The van der Waals surface area contributed by atoms with E-state index in [1.807, 2.05) is 6.07 Å². The largest absolute Gasteiger partial charge is 0.481 e. The summed E-state index contributed by atoms with van der Waals surface area (Å²) in [7, 11) is 0. The SMILES string of the molecule is O=C(O)C(Cc1cccc(Cl)c1)c1cncc2nnnn12. The number of aliphatic carboxylic acids is 1. The maximum Gasteiger partial charge on any atom is 0.312 e. The van der Waals surface area contributed by atoms with Crippen molar-refractivity contribution in [3.05, 3.63) is 52.9 Å². The van der Waals surface area contributed by atoms with Crippen molar-refractivity contribution in [2.75, 3.05) is 0 Å². The molecule has 0 bridgehead atoms. The van der Waals surface area contributed by atoms with Gasteiger partial charge in [0, 0.05) is 11.2 Å². The van der Waals surface area contributed by atoms with Crippen LogP contribution in [0, 0.1) is 0 Å². The Kier molecular flexibility index (Phi) is 3.49. The van der Waals surface area contributed by atoms with Gasteiger partial charge in [0.2, 0.25) is 0 Å². The number of hydrogen-bond donors (Lipinski definition) is 1. The van der Waals surface area contributed by atoms with Gasteiger partial charge in [-0.15, -0.1) is 5.10 Å². The number of halogens is 1. The summed E-state index contributed by atoms with van der Waals surface area (Å²) in [6.45, 7) is 0. The molecule has 0 radical (unpaired) electrons. The van der Waals surface area contributed by atoms with Gasteiger partial charge in [-0.05, 0) is 34.5 Å². The van der Waals surface area contributed by atoms with E-state index < -0.39 is 11.9 Å². The molecule has 2 heterocycles. The summed E-state index contributed by atoms with van der Waals surface area (Å²) in [5, 5.41) is 21.2. The lowest BCUT2D eigenvalue weighted by Gasteiger charge is -2.13. The summed E-state index contributed by atoms with van der Waals surface area (Å²) < 4.78 is 1.39. The Balaban J connectivity index is 2.02. The number of carboxylic acids is 1. The van der Waals surface area contributed by atoms with Gasteiger partial charge < -0.3 is 5.11 Å². The van der Waals surface area contributed by atoms with Crippen LogP contribution in [0.15, 0.2) is 36.7 Å². The maximum atomic E-state index is 11.6. The third-order valence-corrected chi connectivity index (χ3v) is 3.35. The monoisotopic (exact) mass is 303 g/mol. The Bertz CT molecular complexity index is 804. The van der Waals surface area contributed by atoms with E-state index in [4.69, 9.17) is 11.6 Å².